The van der Waals surface area contributed by atoms with Crippen molar-refractivity contribution >= 4 is 6.09 Å². The maximum atomic E-state index is 12.0. The lowest BCUT2D eigenvalue weighted by Gasteiger charge is -2.13. The van der Waals surface area contributed by atoms with Gasteiger partial charge in [-0.1, -0.05) is 64.2 Å². The number of aromatic nitrogens is 2. The van der Waals surface area contributed by atoms with Gasteiger partial charge in [0.1, 0.15) is 0 Å². The van der Waals surface area contributed by atoms with Crippen LogP contribution >= 0.6 is 0 Å². The fourth-order valence-electron chi connectivity index (χ4n) is 2.65. The van der Waals surface area contributed by atoms with Crippen LogP contribution in [0.4, 0.5) is 4.79 Å². The van der Waals surface area contributed by atoms with Crippen molar-refractivity contribution in [1.29, 1.82) is 0 Å². The summed E-state index contributed by atoms with van der Waals surface area (Å²) in [6, 6.07) is 11.4. The zero-order chi connectivity index (χ0) is 20.0. The van der Waals surface area contributed by atoms with E-state index in [0.717, 1.165) is 31.4 Å². The smallest absolute Gasteiger partial charge is 0.434 e. The van der Waals surface area contributed by atoms with Crippen molar-refractivity contribution in [2.45, 2.75) is 58.8 Å². The predicted molar refractivity (Wildman–Crippen MR) is 110 cm³/mol. The number of para-hydroxylation sites is 1. The zero-order valence-electron chi connectivity index (χ0n) is 17.0. The van der Waals surface area contributed by atoms with Crippen LogP contribution in [0.2, 0.25) is 0 Å². The minimum atomic E-state index is -0.589. The van der Waals surface area contributed by atoms with Gasteiger partial charge in [0, 0.05) is 6.07 Å². The molecule has 0 unspecified atom stereocenters. The van der Waals surface area contributed by atoms with Crippen LogP contribution in [0.15, 0.2) is 47.6 Å². The van der Waals surface area contributed by atoms with E-state index in [0.29, 0.717) is 24.5 Å². The molecule has 0 spiro atoms. The minimum Gasteiger partial charge on any atom is -0.478 e. The molecule has 6 heteroatoms. The third kappa shape index (κ3) is 7.55. The van der Waals surface area contributed by atoms with Crippen LogP contribution in [0.1, 0.15) is 58.8 Å². The Hall–Kier alpha value is -2.63. The first kappa shape index (κ1) is 21.7. The van der Waals surface area contributed by atoms with E-state index in [1.54, 1.807) is 16.9 Å². The van der Waals surface area contributed by atoms with E-state index in [2.05, 4.69) is 23.9 Å². The molecule has 0 saturated heterocycles. The van der Waals surface area contributed by atoms with Crippen LogP contribution in [-0.4, -0.2) is 29.1 Å². The fraction of sp³-hybridized carbons (Fsp3) is 0.500. The molecular formula is C22H31N3O3. The normalized spacial score (nSPS) is 11.4. The number of nitrogens with zero attached hydrogens (tertiary/aromatic N) is 3. The third-order valence-corrected chi connectivity index (χ3v) is 4.23. The van der Waals surface area contributed by atoms with E-state index in [4.69, 9.17) is 9.47 Å². The van der Waals surface area contributed by atoms with Crippen molar-refractivity contribution in [2.75, 3.05) is 13.2 Å². The molecule has 0 aliphatic carbocycles. The van der Waals surface area contributed by atoms with E-state index < -0.39 is 6.09 Å². The molecule has 0 bridgehead atoms. The zero-order valence-corrected chi connectivity index (χ0v) is 17.0. The molecule has 1 aromatic heterocycles. The second-order valence-corrected chi connectivity index (χ2v) is 6.64. The number of amides is 1. The number of hydrogen-bond acceptors (Lipinski definition) is 4. The van der Waals surface area contributed by atoms with Gasteiger partial charge >= 0.3 is 6.09 Å². The summed E-state index contributed by atoms with van der Waals surface area (Å²) < 4.78 is 12.8. The van der Waals surface area contributed by atoms with E-state index in [1.807, 2.05) is 30.3 Å². The van der Waals surface area contributed by atoms with Crippen LogP contribution in [0, 0.1) is 0 Å². The largest absolute Gasteiger partial charge is 0.478 e. The van der Waals surface area contributed by atoms with Gasteiger partial charge in [0.2, 0.25) is 5.88 Å². The Morgan fingerprint density at radius 1 is 1.00 bits per heavy atom. The molecule has 0 aliphatic heterocycles. The Bertz CT molecular complexity index is 772. The van der Waals surface area contributed by atoms with E-state index in [1.165, 1.54) is 19.3 Å². The van der Waals surface area contributed by atoms with Gasteiger partial charge in [-0.05, 0) is 25.0 Å². The molecular weight excluding hydrogens is 354 g/mol. The summed E-state index contributed by atoms with van der Waals surface area (Å²) in [5.41, 5.74) is 0.884. The lowest BCUT2D eigenvalue weighted by atomic mass is 10.2. The quantitative estimate of drug-likeness (QED) is 0.507. The maximum absolute atomic E-state index is 12.0. The van der Waals surface area contributed by atoms with E-state index in [-0.39, 0.29) is 0 Å². The highest BCUT2D eigenvalue weighted by Gasteiger charge is 2.07. The van der Waals surface area contributed by atoms with Gasteiger partial charge < -0.3 is 9.47 Å². The topological polar surface area (TPSA) is 65.7 Å². The van der Waals surface area contributed by atoms with Crippen LogP contribution < -0.4 is 10.1 Å². The third-order valence-electron chi connectivity index (χ3n) is 4.23. The monoisotopic (exact) mass is 385 g/mol. The Morgan fingerprint density at radius 2 is 1.75 bits per heavy atom. The average Bonchev–Trinajstić information content (AvgIpc) is 2.72. The summed E-state index contributed by atoms with van der Waals surface area (Å²) in [6.45, 7) is 5.26. The van der Waals surface area contributed by atoms with Crippen LogP contribution in [0.3, 0.4) is 0 Å². The molecule has 28 heavy (non-hydrogen) atoms. The Kier molecular flexibility index (Phi) is 9.83. The Labute approximate surface area is 167 Å². The fourth-order valence-corrected chi connectivity index (χ4v) is 2.65. The lowest BCUT2D eigenvalue weighted by Crippen LogP contribution is -2.16. The van der Waals surface area contributed by atoms with Gasteiger partial charge in [-0.3, -0.25) is 0 Å². The summed E-state index contributed by atoms with van der Waals surface area (Å²) in [6.07, 6.45) is 8.46. The van der Waals surface area contributed by atoms with Gasteiger partial charge in [0.15, 0.2) is 0 Å². The SMILES string of the molecule is CCCCCCCOC(=O)/N=c1/cnn(-c2ccccc2)c(OCCCC)c1. The number of unbranched alkanes of at least 4 members (excludes halogenated alkanes) is 5. The van der Waals surface area contributed by atoms with Crippen molar-refractivity contribution < 1.29 is 14.3 Å². The van der Waals surface area contributed by atoms with Crippen molar-refractivity contribution in [3.8, 4) is 11.6 Å². The highest BCUT2D eigenvalue weighted by Crippen LogP contribution is 2.14. The molecule has 0 radical (unpaired) electrons. The number of hydrogen-bond donors (Lipinski definition) is 0. The summed E-state index contributed by atoms with van der Waals surface area (Å²) >= 11 is 0. The second-order valence-electron chi connectivity index (χ2n) is 6.64. The number of carbonyl (C=O) groups excluding carboxylic acids is 1. The second kappa shape index (κ2) is 12.7. The summed E-state index contributed by atoms with van der Waals surface area (Å²) in [5.74, 6) is 0.549. The average molecular weight is 386 g/mol. The summed E-state index contributed by atoms with van der Waals surface area (Å²) in [4.78, 5) is 16.0. The number of rotatable bonds is 11. The molecule has 152 valence electrons. The molecule has 0 N–H and O–H groups in total. The highest BCUT2D eigenvalue weighted by atomic mass is 16.5. The molecule has 6 nitrogen and oxygen atoms in total. The van der Waals surface area contributed by atoms with Crippen LogP contribution in [0.5, 0.6) is 5.88 Å². The predicted octanol–water partition coefficient (Wildman–Crippen LogP) is 5.06. The van der Waals surface area contributed by atoms with Gasteiger partial charge in [0.05, 0.1) is 30.5 Å². The summed E-state index contributed by atoms with van der Waals surface area (Å²) in [5, 5.41) is 4.83. The van der Waals surface area contributed by atoms with Gasteiger partial charge in [0.25, 0.3) is 0 Å². The molecule has 2 aromatic rings. The van der Waals surface area contributed by atoms with E-state index >= 15 is 0 Å². The number of benzene rings is 1. The molecule has 1 aromatic carbocycles. The molecule has 1 heterocycles. The molecule has 0 saturated carbocycles. The van der Waals surface area contributed by atoms with Crippen LogP contribution in [0.25, 0.3) is 5.69 Å². The first-order chi connectivity index (χ1) is 13.7. The number of carbonyl (C=O) groups is 1. The molecule has 0 fully saturated rings. The molecule has 0 atom stereocenters. The highest BCUT2D eigenvalue weighted by molar-refractivity contribution is 5.68. The lowest BCUT2D eigenvalue weighted by molar-refractivity contribution is 0.154. The number of ether oxygens (including phenoxy) is 2. The van der Waals surface area contributed by atoms with Gasteiger partial charge in [-0.25, -0.2) is 9.48 Å². The minimum absolute atomic E-state index is 0.399. The first-order valence-corrected chi connectivity index (χ1v) is 10.2. The maximum Gasteiger partial charge on any atom is 0.434 e. The summed E-state index contributed by atoms with van der Waals surface area (Å²) in [7, 11) is 0. The standard InChI is InChI=1S/C22H31N3O3/c1-3-5-7-8-12-16-28-22(26)24-19-17-21(27-15-6-4-2)25(23-18-19)20-13-10-9-11-14-20/h9-11,13-14,17-18H,3-8,12,15-16H2,1-2H3/b24-19+. The molecule has 2 rings (SSSR count). The Morgan fingerprint density at radius 3 is 2.50 bits per heavy atom. The van der Waals surface area contributed by atoms with Crippen molar-refractivity contribution in [2.24, 2.45) is 4.99 Å². The van der Waals surface area contributed by atoms with Crippen molar-refractivity contribution in [1.82, 2.24) is 9.78 Å². The first-order valence-electron chi connectivity index (χ1n) is 10.2. The van der Waals surface area contributed by atoms with Crippen LogP contribution in [-0.2, 0) is 4.74 Å². The van der Waals surface area contributed by atoms with Crippen molar-refractivity contribution in [3.63, 3.8) is 0 Å². The van der Waals surface area contributed by atoms with Gasteiger partial charge in [-0.15, -0.1) is 0 Å². The molecule has 0 aliphatic rings. The van der Waals surface area contributed by atoms with E-state index in [9.17, 15) is 4.79 Å². The van der Waals surface area contributed by atoms with Gasteiger partial charge in [-0.2, -0.15) is 10.1 Å². The molecule has 1 amide bonds. The van der Waals surface area contributed by atoms with Crippen molar-refractivity contribution in [3.05, 3.63) is 48.0 Å². The Balaban J connectivity index is 2.06.